The zero-order chi connectivity index (χ0) is 57.9. The fourth-order valence-electron chi connectivity index (χ4n) is 9.25. The Bertz CT molecular complexity index is 1980. The molecule has 0 aromatic heterocycles. The largest absolute Gasteiger partial charge is 0.464 e. The topological polar surface area (TPSA) is 218 Å². The highest BCUT2D eigenvalue weighted by Gasteiger charge is 2.49. The summed E-state index contributed by atoms with van der Waals surface area (Å²) in [6.07, 6.45) is 29.9. The number of aliphatic hydroxyl groups is 4. The van der Waals surface area contributed by atoms with Crippen LogP contribution in [0.3, 0.4) is 0 Å². The average Bonchev–Trinajstić information content (AvgIpc) is 3.44. The number of benzene rings is 3. The van der Waals surface area contributed by atoms with E-state index in [1.165, 1.54) is 152 Å². The number of unbranched alkanes of at least 4 members (excludes halogenated alkanes) is 15. The fourth-order valence-corrected chi connectivity index (χ4v) is 9.25. The first kappa shape index (κ1) is 71.4. The van der Waals surface area contributed by atoms with Gasteiger partial charge in [-0.2, -0.15) is 0 Å². The Kier molecular flexibility index (Phi) is 39.5. The first-order valence-corrected chi connectivity index (χ1v) is 30.0. The van der Waals surface area contributed by atoms with Crippen molar-refractivity contribution in [2.24, 2.45) is 5.73 Å². The minimum atomic E-state index is -1.84. The second kappa shape index (κ2) is 43.2. The van der Waals surface area contributed by atoms with Gasteiger partial charge >= 0.3 is 11.9 Å². The molecule has 0 aliphatic carbocycles. The molecule has 3 aromatic carbocycles. The van der Waals surface area contributed by atoms with Crippen LogP contribution in [0, 0.1) is 0 Å². The number of aliphatic hydroxyl groups excluding tert-OH is 4. The molecule has 3 rings (SSSR count). The van der Waals surface area contributed by atoms with Crippen molar-refractivity contribution in [2.45, 2.75) is 238 Å². The Labute approximate surface area is 471 Å². The quantitative estimate of drug-likeness (QED) is 0.0161. The van der Waals surface area contributed by atoms with Crippen molar-refractivity contribution in [3.05, 3.63) is 106 Å². The summed E-state index contributed by atoms with van der Waals surface area (Å²) in [5.41, 5.74) is 9.63. The van der Waals surface area contributed by atoms with Gasteiger partial charge in [-0.15, -0.1) is 0 Å². The standard InChI is InChI=1S/C25H39NO5.C21H35NO3.C19H33NO2/c1-5-8-9-10-11-12-13-21-14-16-22(17-15-21)18-19-25(26-20(4)27,23(28)30-6-2)24(29)31-7-3;1-3-4-5-6-7-8-9-19-10-12-20(13-11-19)14-15-21(16-23,17-24)22-18(2)25;1-2-3-4-5-6-7-8-17-9-11-18(12-10-17)13-14-19(20,15-21)16-22/h14-17H,5-13,18-19H2,1-4H3,(H,26,27);10-13,23-24H,3-9,14-17H2,1-2H3,(H,22,25);9-12,21-22H,2-8,13-16,20H2,1H3. The Morgan fingerprint density at radius 2 is 0.679 bits per heavy atom. The van der Waals surface area contributed by atoms with Crippen LogP contribution in [0.1, 0.15) is 217 Å². The van der Waals surface area contributed by atoms with E-state index in [9.17, 15) is 39.6 Å². The Hall–Kier alpha value is -4.66. The van der Waals surface area contributed by atoms with Crippen LogP contribution in [-0.2, 0) is 67.2 Å². The molecule has 0 aliphatic heterocycles. The lowest BCUT2D eigenvalue weighted by Gasteiger charge is -2.30. The number of hydrogen-bond donors (Lipinski definition) is 7. The molecule has 0 atom stereocenters. The van der Waals surface area contributed by atoms with E-state index in [4.69, 9.17) is 15.2 Å². The van der Waals surface area contributed by atoms with Gasteiger partial charge in [0.1, 0.15) is 0 Å². The van der Waals surface area contributed by atoms with E-state index in [1.54, 1.807) is 13.8 Å². The first-order valence-electron chi connectivity index (χ1n) is 30.0. The summed E-state index contributed by atoms with van der Waals surface area (Å²) in [7, 11) is 0. The molecule has 0 fully saturated rings. The monoisotopic (exact) mass is 1090 g/mol. The Balaban J connectivity index is 0.000000594. The molecule has 2 amide bonds. The van der Waals surface area contributed by atoms with E-state index in [0.717, 1.165) is 36.8 Å². The molecule has 0 heterocycles. The molecule has 0 bridgehead atoms. The third kappa shape index (κ3) is 30.6. The van der Waals surface area contributed by atoms with Gasteiger partial charge in [0.25, 0.3) is 0 Å². The highest BCUT2D eigenvalue weighted by Crippen LogP contribution is 2.22. The Morgan fingerprint density at radius 3 is 0.962 bits per heavy atom. The molecule has 13 nitrogen and oxygen atoms in total. The van der Waals surface area contributed by atoms with Crippen molar-refractivity contribution >= 4 is 23.8 Å². The van der Waals surface area contributed by atoms with Gasteiger partial charge in [-0.25, -0.2) is 9.59 Å². The van der Waals surface area contributed by atoms with Crippen molar-refractivity contribution in [3.8, 4) is 0 Å². The SMILES string of the molecule is CCCCCCCCc1ccc(CCC(CO)(CO)NC(C)=O)cc1.CCCCCCCCc1ccc(CCC(N)(CO)CO)cc1.CCCCCCCCc1ccc(CCC(NC(C)=O)(C(=O)OCC)C(=O)OCC)cc1. The fraction of sp³-hybridized carbons (Fsp3) is 0.662. The molecule has 78 heavy (non-hydrogen) atoms. The zero-order valence-electron chi connectivity index (χ0n) is 49.6. The predicted octanol–water partition coefficient (Wildman–Crippen LogP) is 11.1. The van der Waals surface area contributed by atoms with Gasteiger partial charge in [-0.05, 0) is 124 Å². The third-order valence-corrected chi connectivity index (χ3v) is 14.4. The number of hydrogen-bond acceptors (Lipinski definition) is 11. The summed E-state index contributed by atoms with van der Waals surface area (Å²) in [6.45, 7) is 12.0. The molecule has 0 aliphatic rings. The number of carbonyl (C=O) groups is 4. The minimum Gasteiger partial charge on any atom is -0.464 e. The smallest absolute Gasteiger partial charge is 0.343 e. The number of ether oxygens (including phenoxy) is 2. The number of esters is 2. The lowest BCUT2D eigenvalue weighted by Crippen LogP contribution is -2.61. The molecule has 0 unspecified atom stereocenters. The molecule has 3 aromatic rings. The minimum absolute atomic E-state index is 0.0705. The molecule has 8 N–H and O–H groups in total. The lowest BCUT2D eigenvalue weighted by atomic mass is 9.90. The Morgan fingerprint density at radius 1 is 0.397 bits per heavy atom. The van der Waals surface area contributed by atoms with Crippen molar-refractivity contribution < 1.29 is 49.1 Å². The summed E-state index contributed by atoms with van der Waals surface area (Å²) in [4.78, 5) is 48.4. The van der Waals surface area contributed by atoms with Gasteiger partial charge in [-0.1, -0.05) is 190 Å². The van der Waals surface area contributed by atoms with Crippen LogP contribution >= 0.6 is 0 Å². The first-order chi connectivity index (χ1) is 37.6. The van der Waals surface area contributed by atoms with Crippen LogP contribution < -0.4 is 16.4 Å². The highest BCUT2D eigenvalue weighted by molar-refractivity contribution is 6.07. The molecule has 0 spiro atoms. The molecular formula is C65H107N3O10. The molecule has 13 heteroatoms. The van der Waals surface area contributed by atoms with Crippen LogP contribution in [0.2, 0.25) is 0 Å². The maximum atomic E-state index is 12.7. The third-order valence-electron chi connectivity index (χ3n) is 14.4. The number of carbonyl (C=O) groups excluding carboxylic acids is 4. The lowest BCUT2D eigenvalue weighted by molar-refractivity contribution is -0.168. The summed E-state index contributed by atoms with van der Waals surface area (Å²) in [5.74, 6) is -2.31. The number of nitrogens with two attached hydrogens (primary N) is 1. The van der Waals surface area contributed by atoms with Gasteiger partial charge in [-0.3, -0.25) is 9.59 Å². The van der Waals surface area contributed by atoms with Crippen LogP contribution in [0.15, 0.2) is 72.8 Å². The van der Waals surface area contributed by atoms with Gasteiger partial charge in [0.2, 0.25) is 17.4 Å². The van der Waals surface area contributed by atoms with Crippen LogP contribution in [0.25, 0.3) is 0 Å². The summed E-state index contributed by atoms with van der Waals surface area (Å²) < 4.78 is 10.2. The van der Waals surface area contributed by atoms with E-state index in [1.807, 2.05) is 12.1 Å². The second-order valence-corrected chi connectivity index (χ2v) is 21.5. The van der Waals surface area contributed by atoms with Crippen LogP contribution in [0.4, 0.5) is 0 Å². The van der Waals surface area contributed by atoms with E-state index in [0.29, 0.717) is 25.7 Å². The van der Waals surface area contributed by atoms with Crippen LogP contribution in [-0.4, -0.2) is 100 Å². The van der Waals surface area contributed by atoms with E-state index < -0.39 is 34.5 Å². The van der Waals surface area contributed by atoms with E-state index >= 15 is 0 Å². The van der Waals surface area contributed by atoms with Crippen molar-refractivity contribution in [3.63, 3.8) is 0 Å². The number of nitrogens with one attached hydrogen (secondary N) is 2. The van der Waals surface area contributed by atoms with Crippen molar-refractivity contribution in [2.75, 3.05) is 39.6 Å². The second-order valence-electron chi connectivity index (χ2n) is 21.5. The predicted molar refractivity (Wildman–Crippen MR) is 317 cm³/mol. The summed E-state index contributed by atoms with van der Waals surface area (Å²) in [5, 5.41) is 42.7. The normalized spacial score (nSPS) is 11.4. The van der Waals surface area contributed by atoms with Gasteiger partial charge in [0, 0.05) is 13.8 Å². The molecule has 442 valence electrons. The van der Waals surface area contributed by atoms with Gasteiger partial charge in [0.15, 0.2) is 0 Å². The number of rotatable bonds is 40. The van der Waals surface area contributed by atoms with Crippen LogP contribution in [0.5, 0.6) is 0 Å². The number of aryl methyl sites for hydroxylation is 6. The maximum Gasteiger partial charge on any atom is 0.343 e. The molecule has 0 saturated heterocycles. The van der Waals surface area contributed by atoms with Gasteiger partial charge < -0.3 is 46.3 Å². The van der Waals surface area contributed by atoms with Crippen molar-refractivity contribution in [1.82, 2.24) is 10.6 Å². The molecule has 0 radical (unpaired) electrons. The maximum absolute atomic E-state index is 12.7. The van der Waals surface area contributed by atoms with Gasteiger partial charge in [0.05, 0.1) is 50.7 Å². The molecule has 0 saturated carbocycles. The van der Waals surface area contributed by atoms with Crippen molar-refractivity contribution in [1.29, 1.82) is 0 Å². The summed E-state index contributed by atoms with van der Waals surface area (Å²) >= 11 is 0. The summed E-state index contributed by atoms with van der Waals surface area (Å²) in [6, 6.07) is 25.4. The number of amides is 2. The molecular weight excluding hydrogens is 983 g/mol. The zero-order valence-corrected chi connectivity index (χ0v) is 49.6. The van der Waals surface area contributed by atoms with E-state index in [2.05, 4.69) is 92.1 Å². The highest BCUT2D eigenvalue weighted by atomic mass is 16.6. The average molecular weight is 1090 g/mol. The van der Waals surface area contributed by atoms with E-state index in [-0.39, 0.29) is 52.0 Å².